The topological polar surface area (TPSA) is 26.6 Å². The van der Waals surface area contributed by atoms with Crippen molar-refractivity contribution < 1.29 is 9.47 Å². The van der Waals surface area contributed by atoms with Gasteiger partial charge < -0.3 is 14.0 Å². The summed E-state index contributed by atoms with van der Waals surface area (Å²) in [5, 5.41) is 0.732. The number of hydrogen-bond donors (Lipinski definition) is 0. The number of ether oxygens (including phenoxy) is 2. The van der Waals surface area contributed by atoms with Crippen molar-refractivity contribution in [1.29, 1.82) is 0 Å². The minimum atomic E-state index is -0.0301. The van der Waals surface area contributed by atoms with Gasteiger partial charge >= 0.3 is 0 Å². The number of benzene rings is 2. The zero-order valence-electron chi connectivity index (χ0n) is 14.6. The average molecular weight is 369 g/mol. The summed E-state index contributed by atoms with van der Waals surface area (Å²) in [5.74, 6) is 0.876. The molecular formula is C21H21ClN2O2. The van der Waals surface area contributed by atoms with E-state index >= 15 is 0 Å². The fourth-order valence-corrected chi connectivity index (χ4v) is 3.48. The van der Waals surface area contributed by atoms with Crippen molar-refractivity contribution in [3.05, 3.63) is 83.1 Å². The van der Waals surface area contributed by atoms with Crippen LogP contribution in [0.1, 0.15) is 17.4 Å². The van der Waals surface area contributed by atoms with Crippen LogP contribution in [0, 0.1) is 0 Å². The van der Waals surface area contributed by atoms with Gasteiger partial charge in [-0.3, -0.25) is 4.90 Å². The lowest BCUT2D eigenvalue weighted by Crippen LogP contribution is -2.23. The number of nitrogens with zero attached hydrogens (tertiary/aromatic N) is 2. The van der Waals surface area contributed by atoms with E-state index in [-0.39, 0.29) is 6.23 Å². The molecule has 0 radical (unpaired) electrons. The van der Waals surface area contributed by atoms with Crippen molar-refractivity contribution in [3.63, 3.8) is 0 Å². The van der Waals surface area contributed by atoms with Crippen LogP contribution in [0.15, 0.2) is 67.0 Å². The van der Waals surface area contributed by atoms with E-state index in [2.05, 4.69) is 33.9 Å². The molecule has 0 saturated carbocycles. The van der Waals surface area contributed by atoms with Gasteiger partial charge in [0.1, 0.15) is 12.0 Å². The second-order valence-corrected chi connectivity index (χ2v) is 6.81. The number of aromatic nitrogens is 1. The van der Waals surface area contributed by atoms with Gasteiger partial charge in [0.2, 0.25) is 0 Å². The van der Waals surface area contributed by atoms with Gasteiger partial charge in [-0.15, -0.1) is 0 Å². The van der Waals surface area contributed by atoms with Crippen LogP contribution in [0.4, 0.5) is 0 Å². The van der Waals surface area contributed by atoms with Gasteiger partial charge in [0, 0.05) is 41.8 Å². The Morgan fingerprint density at radius 3 is 2.77 bits per heavy atom. The zero-order valence-corrected chi connectivity index (χ0v) is 15.4. The molecule has 5 heteroatoms. The summed E-state index contributed by atoms with van der Waals surface area (Å²) in [7, 11) is 1.68. The highest BCUT2D eigenvalue weighted by atomic mass is 35.5. The average Bonchev–Trinajstić information content (AvgIpc) is 3.31. The number of rotatable bonds is 5. The number of halogens is 1. The molecule has 4 rings (SSSR count). The lowest BCUT2D eigenvalue weighted by atomic mass is 10.2. The summed E-state index contributed by atoms with van der Waals surface area (Å²) in [6.45, 7) is 2.50. The molecule has 1 aliphatic heterocycles. The molecule has 134 valence electrons. The Bertz CT molecular complexity index is 876. The molecule has 1 fully saturated rings. The first kappa shape index (κ1) is 17.2. The third kappa shape index (κ3) is 3.63. The van der Waals surface area contributed by atoms with E-state index in [9.17, 15) is 0 Å². The minimum Gasteiger partial charge on any atom is -0.497 e. The van der Waals surface area contributed by atoms with Crippen molar-refractivity contribution >= 4 is 11.6 Å². The van der Waals surface area contributed by atoms with Crippen LogP contribution in [0.3, 0.4) is 0 Å². The Hall–Kier alpha value is -2.27. The molecule has 1 aromatic heterocycles. The maximum absolute atomic E-state index is 6.11. The molecule has 1 atom stereocenters. The number of hydrogen-bond acceptors (Lipinski definition) is 3. The smallest absolute Gasteiger partial charge is 0.138 e. The highest BCUT2D eigenvalue weighted by Crippen LogP contribution is 2.30. The predicted octanol–water partition coefficient (Wildman–Crippen LogP) is 4.67. The summed E-state index contributed by atoms with van der Waals surface area (Å²) in [4.78, 5) is 2.35. The maximum Gasteiger partial charge on any atom is 0.138 e. The molecule has 0 amide bonds. The van der Waals surface area contributed by atoms with E-state index in [1.54, 1.807) is 7.11 Å². The van der Waals surface area contributed by atoms with Crippen LogP contribution in [-0.4, -0.2) is 29.7 Å². The molecular weight excluding hydrogens is 348 g/mol. The second kappa shape index (κ2) is 7.54. The largest absolute Gasteiger partial charge is 0.497 e. The van der Waals surface area contributed by atoms with Gasteiger partial charge in [0.15, 0.2) is 0 Å². The minimum absolute atomic E-state index is 0.0301. The first-order valence-electron chi connectivity index (χ1n) is 8.65. The second-order valence-electron chi connectivity index (χ2n) is 6.37. The summed E-state index contributed by atoms with van der Waals surface area (Å²) in [6.07, 6.45) is 4.13. The van der Waals surface area contributed by atoms with Crippen LogP contribution in [0.2, 0.25) is 5.02 Å². The fourth-order valence-electron chi connectivity index (χ4n) is 3.30. The van der Waals surface area contributed by atoms with Crippen LogP contribution < -0.4 is 4.74 Å². The molecule has 1 saturated heterocycles. The first-order valence-corrected chi connectivity index (χ1v) is 9.03. The van der Waals surface area contributed by atoms with E-state index in [0.717, 1.165) is 41.7 Å². The van der Waals surface area contributed by atoms with Crippen molar-refractivity contribution in [1.82, 2.24) is 9.47 Å². The molecule has 2 aromatic carbocycles. The summed E-state index contributed by atoms with van der Waals surface area (Å²) in [5.41, 5.74) is 3.44. The Balaban J connectivity index is 1.51. The molecule has 0 N–H and O–H groups in total. The maximum atomic E-state index is 6.11. The lowest BCUT2D eigenvalue weighted by molar-refractivity contribution is 0.0288. The van der Waals surface area contributed by atoms with Gasteiger partial charge in [-0.1, -0.05) is 29.8 Å². The Morgan fingerprint density at radius 2 is 2.00 bits per heavy atom. The van der Waals surface area contributed by atoms with E-state index in [1.807, 2.05) is 42.6 Å². The summed E-state index contributed by atoms with van der Waals surface area (Å²) >= 11 is 6.11. The quantitative estimate of drug-likeness (QED) is 0.654. The molecule has 3 aromatic rings. The molecule has 26 heavy (non-hydrogen) atoms. The Labute approximate surface area is 158 Å². The van der Waals surface area contributed by atoms with Crippen molar-refractivity contribution in [2.75, 3.05) is 20.3 Å². The zero-order chi connectivity index (χ0) is 17.9. The Kier molecular flexibility index (Phi) is 4.98. The predicted molar refractivity (Wildman–Crippen MR) is 103 cm³/mol. The van der Waals surface area contributed by atoms with E-state index in [4.69, 9.17) is 21.1 Å². The van der Waals surface area contributed by atoms with Crippen LogP contribution in [0.25, 0.3) is 5.69 Å². The van der Waals surface area contributed by atoms with Crippen molar-refractivity contribution in [3.8, 4) is 11.4 Å². The van der Waals surface area contributed by atoms with Crippen LogP contribution in [0.5, 0.6) is 5.75 Å². The van der Waals surface area contributed by atoms with Gasteiger partial charge in [-0.25, -0.2) is 0 Å². The van der Waals surface area contributed by atoms with Gasteiger partial charge in [0.25, 0.3) is 0 Å². The Morgan fingerprint density at radius 1 is 1.15 bits per heavy atom. The molecule has 1 aliphatic rings. The highest BCUT2D eigenvalue weighted by molar-refractivity contribution is 6.30. The third-order valence-corrected chi connectivity index (χ3v) is 4.87. The van der Waals surface area contributed by atoms with Crippen molar-refractivity contribution in [2.24, 2.45) is 0 Å². The van der Waals surface area contributed by atoms with Gasteiger partial charge in [0.05, 0.1) is 13.7 Å². The number of methoxy groups -OCH3 is 1. The lowest BCUT2D eigenvalue weighted by Gasteiger charge is -2.22. The van der Waals surface area contributed by atoms with Crippen LogP contribution in [-0.2, 0) is 11.3 Å². The SMILES string of the molecule is COc1ccc(CN2CCOC2c2ccn(-c3cccc(Cl)c3)c2)cc1. The summed E-state index contributed by atoms with van der Waals surface area (Å²) < 4.78 is 13.3. The molecule has 1 unspecified atom stereocenters. The molecule has 0 bridgehead atoms. The van der Waals surface area contributed by atoms with E-state index in [0.29, 0.717) is 0 Å². The van der Waals surface area contributed by atoms with Crippen molar-refractivity contribution in [2.45, 2.75) is 12.8 Å². The standard InChI is InChI=1S/C21H21ClN2O2/c1-25-20-7-5-16(6-8-20)14-24-11-12-26-21(24)17-9-10-23(15-17)19-4-2-3-18(22)13-19/h2-10,13,15,21H,11-12,14H2,1H3. The van der Waals surface area contributed by atoms with Gasteiger partial charge in [-0.05, 0) is 42.0 Å². The first-order chi connectivity index (χ1) is 12.7. The molecule has 0 spiro atoms. The van der Waals surface area contributed by atoms with Gasteiger partial charge in [-0.2, -0.15) is 0 Å². The fraction of sp³-hybridized carbons (Fsp3) is 0.238. The summed E-state index contributed by atoms with van der Waals surface area (Å²) in [6, 6.07) is 18.1. The molecule has 2 heterocycles. The van der Waals surface area contributed by atoms with Crippen LogP contribution >= 0.6 is 11.6 Å². The third-order valence-electron chi connectivity index (χ3n) is 4.64. The monoisotopic (exact) mass is 368 g/mol. The molecule has 0 aliphatic carbocycles. The normalized spacial score (nSPS) is 17.5. The van der Waals surface area contributed by atoms with E-state index < -0.39 is 0 Å². The highest BCUT2D eigenvalue weighted by Gasteiger charge is 2.27. The van der Waals surface area contributed by atoms with E-state index in [1.165, 1.54) is 5.56 Å². The molecule has 4 nitrogen and oxygen atoms in total.